The summed E-state index contributed by atoms with van der Waals surface area (Å²) in [5.74, 6) is 0.428. The van der Waals surface area contributed by atoms with Crippen LogP contribution in [-0.4, -0.2) is 79.9 Å². The molecule has 6 heteroatoms. The first-order chi connectivity index (χ1) is 11.0. The van der Waals surface area contributed by atoms with Crippen molar-refractivity contribution in [3.05, 3.63) is 0 Å². The van der Waals surface area contributed by atoms with Crippen molar-refractivity contribution in [3.8, 4) is 0 Å². The number of rotatable bonds is 6. The van der Waals surface area contributed by atoms with Gasteiger partial charge in [-0.15, -0.1) is 0 Å². The molecule has 0 radical (unpaired) electrons. The molecule has 2 amide bonds. The lowest BCUT2D eigenvalue weighted by atomic mass is 9.87. The number of likely N-dealkylation sites (N-methyl/N-ethyl adjacent to an activating group) is 1. The van der Waals surface area contributed by atoms with Crippen LogP contribution in [0, 0.1) is 5.92 Å². The highest BCUT2D eigenvalue weighted by atomic mass is 16.3. The first kappa shape index (κ1) is 18.5. The summed E-state index contributed by atoms with van der Waals surface area (Å²) in [6, 6.07) is 0.249. The third kappa shape index (κ3) is 7.06. The van der Waals surface area contributed by atoms with Crippen molar-refractivity contribution < 1.29 is 9.90 Å². The van der Waals surface area contributed by atoms with E-state index in [1.165, 1.54) is 0 Å². The summed E-state index contributed by atoms with van der Waals surface area (Å²) in [6.07, 6.45) is 5.80. The fourth-order valence-corrected chi connectivity index (χ4v) is 3.56. The average molecular weight is 326 g/mol. The number of carbonyl (C=O) groups excluding carboxylic acids is 1. The van der Waals surface area contributed by atoms with Gasteiger partial charge >= 0.3 is 6.03 Å². The number of hydrogen-bond acceptors (Lipinski definition) is 4. The number of nitrogens with one attached hydrogen (secondary N) is 2. The molecule has 2 rings (SSSR count). The van der Waals surface area contributed by atoms with Gasteiger partial charge < -0.3 is 25.5 Å². The van der Waals surface area contributed by atoms with Crippen molar-refractivity contribution >= 4 is 6.03 Å². The Morgan fingerprint density at radius 1 is 1.22 bits per heavy atom. The Kier molecular flexibility index (Phi) is 7.59. The third-order valence-electron chi connectivity index (χ3n) is 5.09. The van der Waals surface area contributed by atoms with Crippen LogP contribution in [0.4, 0.5) is 4.79 Å². The number of aliphatic hydroxyl groups is 1. The van der Waals surface area contributed by atoms with Gasteiger partial charge in [0.1, 0.15) is 0 Å². The zero-order valence-corrected chi connectivity index (χ0v) is 14.8. The average Bonchev–Trinajstić information content (AvgIpc) is 2.52. The molecule has 23 heavy (non-hydrogen) atoms. The number of urea groups is 1. The van der Waals surface area contributed by atoms with Gasteiger partial charge in [0.2, 0.25) is 0 Å². The van der Waals surface area contributed by atoms with Gasteiger partial charge in [-0.2, -0.15) is 0 Å². The summed E-state index contributed by atoms with van der Waals surface area (Å²) in [4.78, 5) is 16.7. The third-order valence-corrected chi connectivity index (χ3v) is 5.09. The second-order valence-electron chi connectivity index (χ2n) is 7.46. The highest BCUT2D eigenvalue weighted by molar-refractivity contribution is 5.74. The van der Waals surface area contributed by atoms with Crippen molar-refractivity contribution in [1.29, 1.82) is 0 Å². The van der Waals surface area contributed by atoms with E-state index >= 15 is 0 Å². The fourth-order valence-electron chi connectivity index (χ4n) is 3.56. The molecule has 1 heterocycles. The molecule has 0 bridgehead atoms. The topological polar surface area (TPSA) is 67.8 Å². The maximum Gasteiger partial charge on any atom is 0.315 e. The lowest BCUT2D eigenvalue weighted by Gasteiger charge is -2.33. The summed E-state index contributed by atoms with van der Waals surface area (Å²) in [7, 11) is 4.20. The highest BCUT2D eigenvalue weighted by Crippen LogP contribution is 2.23. The van der Waals surface area contributed by atoms with E-state index < -0.39 is 0 Å². The van der Waals surface area contributed by atoms with Crippen LogP contribution in [0.25, 0.3) is 0 Å². The van der Waals surface area contributed by atoms with Gasteiger partial charge in [-0.3, -0.25) is 0 Å². The van der Waals surface area contributed by atoms with Crippen LogP contribution in [-0.2, 0) is 0 Å². The van der Waals surface area contributed by atoms with Crippen LogP contribution in [0.2, 0.25) is 0 Å². The molecule has 1 saturated heterocycles. The van der Waals surface area contributed by atoms with Gasteiger partial charge in [0, 0.05) is 38.8 Å². The molecule has 0 aromatic heterocycles. The molecule has 2 unspecified atom stereocenters. The van der Waals surface area contributed by atoms with Crippen molar-refractivity contribution in [2.75, 3.05) is 46.8 Å². The number of likely N-dealkylation sites (tertiary alicyclic amines) is 1. The summed E-state index contributed by atoms with van der Waals surface area (Å²) >= 11 is 0. The van der Waals surface area contributed by atoms with Crippen molar-refractivity contribution in [2.45, 2.75) is 50.7 Å². The fraction of sp³-hybridized carbons (Fsp3) is 0.941. The van der Waals surface area contributed by atoms with Crippen LogP contribution in [0.15, 0.2) is 0 Å². The first-order valence-electron chi connectivity index (χ1n) is 9.12. The molecular formula is C17H34N4O2. The first-order valence-corrected chi connectivity index (χ1v) is 9.12. The number of nitrogens with zero attached hydrogens (tertiary/aromatic N) is 2. The van der Waals surface area contributed by atoms with E-state index in [2.05, 4.69) is 34.5 Å². The summed E-state index contributed by atoms with van der Waals surface area (Å²) in [6.45, 7) is 5.01. The molecule has 1 aliphatic heterocycles. The second-order valence-corrected chi connectivity index (χ2v) is 7.46. The molecule has 2 aliphatic rings. The minimum Gasteiger partial charge on any atom is -0.393 e. The van der Waals surface area contributed by atoms with Gasteiger partial charge in [-0.1, -0.05) is 6.42 Å². The van der Waals surface area contributed by atoms with Crippen LogP contribution in [0.1, 0.15) is 38.5 Å². The van der Waals surface area contributed by atoms with Gasteiger partial charge in [-0.25, -0.2) is 4.79 Å². The van der Waals surface area contributed by atoms with E-state index in [0.29, 0.717) is 18.5 Å². The largest absolute Gasteiger partial charge is 0.393 e. The minimum absolute atomic E-state index is 0.0446. The Morgan fingerprint density at radius 2 is 1.96 bits per heavy atom. The Morgan fingerprint density at radius 3 is 2.61 bits per heavy atom. The molecular weight excluding hydrogens is 292 g/mol. The Hall–Kier alpha value is -0.850. The SMILES string of the molecule is CN(C)CCN1CCC(NC(=O)NCC2CCCC(O)C2)CC1. The van der Waals surface area contributed by atoms with Gasteiger partial charge in [-0.05, 0) is 52.1 Å². The minimum atomic E-state index is -0.176. The summed E-state index contributed by atoms with van der Waals surface area (Å²) in [5, 5.41) is 15.8. The van der Waals surface area contributed by atoms with Crippen molar-refractivity contribution in [2.24, 2.45) is 5.92 Å². The lowest BCUT2D eigenvalue weighted by molar-refractivity contribution is 0.101. The van der Waals surface area contributed by atoms with E-state index in [0.717, 1.165) is 64.7 Å². The quantitative estimate of drug-likeness (QED) is 0.677. The normalized spacial score (nSPS) is 27.1. The number of piperidine rings is 1. The van der Waals surface area contributed by atoms with Crippen molar-refractivity contribution in [1.82, 2.24) is 20.4 Å². The van der Waals surface area contributed by atoms with Crippen LogP contribution in [0.5, 0.6) is 0 Å². The summed E-state index contributed by atoms with van der Waals surface area (Å²) in [5.41, 5.74) is 0. The molecule has 1 saturated carbocycles. The maximum absolute atomic E-state index is 12.0. The predicted molar refractivity (Wildman–Crippen MR) is 92.5 cm³/mol. The molecule has 2 atom stereocenters. The van der Waals surface area contributed by atoms with Gasteiger partial charge in [0.15, 0.2) is 0 Å². The van der Waals surface area contributed by atoms with E-state index in [1.54, 1.807) is 0 Å². The smallest absolute Gasteiger partial charge is 0.315 e. The zero-order chi connectivity index (χ0) is 16.7. The molecule has 0 aromatic rings. The Bertz CT molecular complexity index is 357. The predicted octanol–water partition coefficient (Wildman–Crippen LogP) is 0.863. The Labute approximate surface area is 140 Å². The van der Waals surface area contributed by atoms with E-state index in [9.17, 15) is 9.90 Å². The van der Waals surface area contributed by atoms with E-state index in [4.69, 9.17) is 0 Å². The zero-order valence-electron chi connectivity index (χ0n) is 14.8. The molecule has 0 aromatic carbocycles. The van der Waals surface area contributed by atoms with E-state index in [1.807, 2.05) is 0 Å². The molecule has 0 spiro atoms. The molecule has 134 valence electrons. The van der Waals surface area contributed by atoms with Crippen LogP contribution < -0.4 is 10.6 Å². The van der Waals surface area contributed by atoms with E-state index in [-0.39, 0.29) is 12.1 Å². The lowest BCUT2D eigenvalue weighted by Crippen LogP contribution is -2.49. The molecule has 6 nitrogen and oxygen atoms in total. The number of aliphatic hydroxyl groups excluding tert-OH is 1. The maximum atomic E-state index is 12.0. The number of hydrogen-bond donors (Lipinski definition) is 3. The molecule has 2 fully saturated rings. The molecule has 1 aliphatic carbocycles. The second kappa shape index (κ2) is 9.45. The van der Waals surface area contributed by atoms with Crippen LogP contribution in [0.3, 0.4) is 0 Å². The Balaban J connectivity index is 1.57. The monoisotopic (exact) mass is 326 g/mol. The molecule has 3 N–H and O–H groups in total. The number of amides is 2. The van der Waals surface area contributed by atoms with Gasteiger partial charge in [0.25, 0.3) is 0 Å². The van der Waals surface area contributed by atoms with Gasteiger partial charge in [0.05, 0.1) is 6.10 Å². The van der Waals surface area contributed by atoms with Crippen LogP contribution >= 0.6 is 0 Å². The highest BCUT2D eigenvalue weighted by Gasteiger charge is 2.22. The summed E-state index contributed by atoms with van der Waals surface area (Å²) < 4.78 is 0. The number of carbonyl (C=O) groups is 1. The van der Waals surface area contributed by atoms with Crippen molar-refractivity contribution in [3.63, 3.8) is 0 Å². The standard InChI is InChI=1S/C17H34N4O2/c1-20(2)10-11-21-8-6-15(7-9-21)19-17(23)18-13-14-4-3-5-16(22)12-14/h14-16,22H,3-13H2,1-2H3,(H2,18,19,23).